The van der Waals surface area contributed by atoms with Crippen LogP contribution in [0.25, 0.3) is 0 Å². The maximum absolute atomic E-state index is 11.6. The number of amides is 1. The molecule has 0 bridgehead atoms. The first-order valence-corrected chi connectivity index (χ1v) is 7.38. The van der Waals surface area contributed by atoms with Crippen LogP contribution in [0.2, 0.25) is 5.02 Å². The highest BCUT2D eigenvalue weighted by Crippen LogP contribution is 2.25. The van der Waals surface area contributed by atoms with E-state index < -0.39 is 0 Å². The minimum absolute atomic E-state index is 0.0429. The van der Waals surface area contributed by atoms with Crippen LogP contribution in [0.5, 0.6) is 0 Å². The number of carbonyl (C=O) groups excluding carboxylic acids is 2. The molecular formula is C15H19ClN2O3. The number of piperazine rings is 1. The van der Waals surface area contributed by atoms with Gasteiger partial charge in [-0.1, -0.05) is 11.6 Å². The molecule has 6 heteroatoms. The molecule has 1 saturated heterocycles. The molecule has 0 saturated carbocycles. The molecular weight excluding hydrogens is 292 g/mol. The van der Waals surface area contributed by atoms with Crippen molar-refractivity contribution in [1.29, 1.82) is 0 Å². The average molecular weight is 311 g/mol. The van der Waals surface area contributed by atoms with Gasteiger partial charge in [-0.2, -0.15) is 0 Å². The van der Waals surface area contributed by atoms with E-state index >= 15 is 0 Å². The molecule has 5 nitrogen and oxygen atoms in total. The van der Waals surface area contributed by atoms with E-state index in [0.29, 0.717) is 43.4 Å². The molecule has 0 aliphatic carbocycles. The fourth-order valence-corrected chi connectivity index (χ4v) is 2.66. The summed E-state index contributed by atoms with van der Waals surface area (Å²) < 4.78 is 4.99. The van der Waals surface area contributed by atoms with Crippen molar-refractivity contribution in [1.82, 2.24) is 4.90 Å². The zero-order valence-corrected chi connectivity index (χ0v) is 13.0. The number of carbonyl (C=O) groups is 2. The summed E-state index contributed by atoms with van der Waals surface area (Å²) >= 11 is 6.13. The topological polar surface area (TPSA) is 49.9 Å². The quantitative estimate of drug-likeness (QED) is 0.806. The summed E-state index contributed by atoms with van der Waals surface area (Å²) in [6, 6.07) is 5.44. The summed E-state index contributed by atoms with van der Waals surface area (Å²) in [4.78, 5) is 26.9. The number of hydrogen-bond donors (Lipinski definition) is 0. The monoisotopic (exact) mass is 310 g/mol. The van der Waals surface area contributed by atoms with Crippen LogP contribution in [0, 0.1) is 0 Å². The molecule has 0 unspecified atom stereocenters. The number of halogens is 1. The molecule has 1 aliphatic heterocycles. The van der Waals surface area contributed by atoms with Crippen LogP contribution in [0.3, 0.4) is 0 Å². The second-order valence-corrected chi connectivity index (χ2v) is 5.30. The number of nitrogens with zero attached hydrogens (tertiary/aromatic N) is 2. The van der Waals surface area contributed by atoms with Gasteiger partial charge in [-0.15, -0.1) is 0 Å². The molecule has 114 valence electrons. The molecule has 0 atom stereocenters. The Hall–Kier alpha value is -1.75. The van der Waals surface area contributed by atoms with Gasteiger partial charge in [0.1, 0.15) is 0 Å². The number of hydrogen-bond acceptors (Lipinski definition) is 4. The third-order valence-corrected chi connectivity index (χ3v) is 3.82. The van der Waals surface area contributed by atoms with Crippen molar-refractivity contribution in [2.24, 2.45) is 0 Å². The Morgan fingerprint density at radius 1 is 1.24 bits per heavy atom. The first kappa shape index (κ1) is 15.6. The van der Waals surface area contributed by atoms with Crippen LogP contribution in [0.15, 0.2) is 18.2 Å². The second kappa shape index (κ2) is 6.80. The van der Waals surface area contributed by atoms with Gasteiger partial charge in [-0.05, 0) is 32.0 Å². The molecule has 1 aliphatic rings. The molecule has 21 heavy (non-hydrogen) atoms. The summed E-state index contributed by atoms with van der Waals surface area (Å²) in [7, 11) is 0. The smallest absolute Gasteiger partial charge is 0.409 e. The van der Waals surface area contributed by atoms with Crippen molar-refractivity contribution in [2.45, 2.75) is 13.8 Å². The predicted octanol–water partition coefficient (Wildman–Crippen LogP) is 2.82. The zero-order chi connectivity index (χ0) is 15.4. The first-order valence-electron chi connectivity index (χ1n) is 7.00. The van der Waals surface area contributed by atoms with Gasteiger partial charge in [0.05, 0.1) is 11.6 Å². The molecule has 0 N–H and O–H groups in total. The van der Waals surface area contributed by atoms with Crippen LogP contribution in [-0.4, -0.2) is 49.6 Å². The summed E-state index contributed by atoms with van der Waals surface area (Å²) in [6.07, 6.45) is -0.262. The Balaban J connectivity index is 2.01. The Morgan fingerprint density at radius 2 is 1.90 bits per heavy atom. The number of benzene rings is 1. The molecule has 1 fully saturated rings. The third-order valence-electron chi connectivity index (χ3n) is 3.50. The molecule has 1 aromatic carbocycles. The van der Waals surface area contributed by atoms with Crippen LogP contribution in [0.1, 0.15) is 24.2 Å². The molecule has 1 heterocycles. The van der Waals surface area contributed by atoms with Crippen molar-refractivity contribution in [3.63, 3.8) is 0 Å². The largest absolute Gasteiger partial charge is 0.450 e. The van der Waals surface area contributed by atoms with E-state index in [2.05, 4.69) is 4.90 Å². The standard InChI is InChI=1S/C15H19ClN2O3/c1-3-21-15(20)18-8-6-17(7-9-18)12-4-5-13(11(2)19)14(16)10-12/h4-5,10H,3,6-9H2,1-2H3. The van der Waals surface area contributed by atoms with E-state index in [0.717, 1.165) is 5.69 Å². The predicted molar refractivity (Wildman–Crippen MR) is 82.3 cm³/mol. The highest BCUT2D eigenvalue weighted by molar-refractivity contribution is 6.34. The lowest BCUT2D eigenvalue weighted by Gasteiger charge is -2.35. The Bertz CT molecular complexity index is 540. The summed E-state index contributed by atoms with van der Waals surface area (Å²) in [5, 5.41) is 0.466. The number of ether oxygens (including phenoxy) is 1. The van der Waals surface area contributed by atoms with Gasteiger partial charge in [0, 0.05) is 37.4 Å². The summed E-state index contributed by atoms with van der Waals surface area (Å²) in [5.74, 6) is -0.0429. The van der Waals surface area contributed by atoms with E-state index in [9.17, 15) is 9.59 Å². The van der Waals surface area contributed by atoms with Crippen LogP contribution in [0.4, 0.5) is 10.5 Å². The highest BCUT2D eigenvalue weighted by Gasteiger charge is 2.22. The van der Waals surface area contributed by atoms with E-state index in [1.54, 1.807) is 24.0 Å². The van der Waals surface area contributed by atoms with Gasteiger partial charge in [-0.3, -0.25) is 4.79 Å². The van der Waals surface area contributed by atoms with E-state index in [4.69, 9.17) is 16.3 Å². The van der Waals surface area contributed by atoms with Gasteiger partial charge >= 0.3 is 6.09 Å². The lowest BCUT2D eigenvalue weighted by molar-refractivity contribution is 0.101. The number of rotatable bonds is 3. The first-order chi connectivity index (χ1) is 10.0. The number of ketones is 1. The molecule has 1 aromatic rings. The normalized spacial score (nSPS) is 15.0. The van der Waals surface area contributed by atoms with Gasteiger partial charge in [0.25, 0.3) is 0 Å². The van der Waals surface area contributed by atoms with Gasteiger partial charge in [0.15, 0.2) is 5.78 Å². The van der Waals surface area contributed by atoms with Crippen molar-refractivity contribution in [3.8, 4) is 0 Å². The van der Waals surface area contributed by atoms with Gasteiger partial charge in [0.2, 0.25) is 0 Å². The van der Waals surface area contributed by atoms with Crippen molar-refractivity contribution in [3.05, 3.63) is 28.8 Å². The maximum atomic E-state index is 11.6. The van der Waals surface area contributed by atoms with Crippen LogP contribution >= 0.6 is 11.6 Å². The third kappa shape index (κ3) is 3.67. The van der Waals surface area contributed by atoms with Gasteiger partial charge in [-0.25, -0.2) is 4.79 Å². The van der Waals surface area contributed by atoms with E-state index in [1.165, 1.54) is 6.92 Å². The average Bonchev–Trinajstić information content (AvgIpc) is 2.47. The van der Waals surface area contributed by atoms with Crippen molar-refractivity contribution >= 4 is 29.2 Å². The fourth-order valence-electron chi connectivity index (χ4n) is 2.35. The Labute approximate surface area is 129 Å². The number of anilines is 1. The molecule has 0 spiro atoms. The van der Waals surface area contributed by atoms with E-state index in [1.807, 2.05) is 6.07 Å². The second-order valence-electron chi connectivity index (χ2n) is 4.89. The van der Waals surface area contributed by atoms with Crippen molar-refractivity contribution in [2.75, 3.05) is 37.7 Å². The lowest BCUT2D eigenvalue weighted by atomic mass is 10.1. The Kier molecular flexibility index (Phi) is 5.07. The molecule has 0 aromatic heterocycles. The molecule has 2 rings (SSSR count). The lowest BCUT2D eigenvalue weighted by Crippen LogP contribution is -2.49. The summed E-state index contributed by atoms with van der Waals surface area (Å²) in [5.41, 5.74) is 1.50. The number of Topliss-reactive ketones (excluding diaryl/α,β-unsaturated/α-hetero) is 1. The SMILES string of the molecule is CCOC(=O)N1CCN(c2ccc(C(C)=O)c(Cl)c2)CC1. The van der Waals surface area contributed by atoms with Crippen molar-refractivity contribution < 1.29 is 14.3 Å². The Morgan fingerprint density at radius 3 is 2.43 bits per heavy atom. The molecule has 0 radical (unpaired) electrons. The van der Waals surface area contributed by atoms with Crippen LogP contribution < -0.4 is 4.90 Å². The highest BCUT2D eigenvalue weighted by atomic mass is 35.5. The minimum Gasteiger partial charge on any atom is -0.450 e. The van der Waals surface area contributed by atoms with E-state index in [-0.39, 0.29) is 11.9 Å². The van der Waals surface area contributed by atoms with Crippen LogP contribution in [-0.2, 0) is 4.74 Å². The maximum Gasteiger partial charge on any atom is 0.409 e. The zero-order valence-electron chi connectivity index (χ0n) is 12.3. The summed E-state index contributed by atoms with van der Waals surface area (Å²) in [6.45, 7) is 6.35. The molecule has 1 amide bonds. The minimum atomic E-state index is -0.262. The van der Waals surface area contributed by atoms with Gasteiger partial charge < -0.3 is 14.5 Å². The fraction of sp³-hybridized carbons (Fsp3) is 0.467.